The summed E-state index contributed by atoms with van der Waals surface area (Å²) in [5.41, 5.74) is 2.04. The zero-order valence-corrected chi connectivity index (χ0v) is 13.4. The van der Waals surface area contributed by atoms with E-state index < -0.39 is 0 Å². The van der Waals surface area contributed by atoms with Crippen LogP contribution in [-0.4, -0.2) is 5.91 Å². The molecule has 0 heterocycles. The maximum absolute atomic E-state index is 11.6. The van der Waals surface area contributed by atoms with Gasteiger partial charge in [-0.05, 0) is 42.2 Å². The molecule has 2 rings (SSSR count). The quantitative estimate of drug-likeness (QED) is 0.781. The first-order valence-corrected chi connectivity index (χ1v) is 7.76. The van der Waals surface area contributed by atoms with Crippen molar-refractivity contribution in [2.45, 2.75) is 39.5 Å². The first kappa shape index (κ1) is 16.1. The van der Waals surface area contributed by atoms with Gasteiger partial charge in [0.05, 0.1) is 0 Å². The van der Waals surface area contributed by atoms with E-state index in [1.54, 1.807) is 0 Å². The van der Waals surface area contributed by atoms with Gasteiger partial charge in [0, 0.05) is 18.2 Å². The summed E-state index contributed by atoms with van der Waals surface area (Å²) in [5.74, 6) is 2.04. The molecule has 0 aliphatic carbocycles. The summed E-state index contributed by atoms with van der Waals surface area (Å²) in [6, 6.07) is 15.5. The number of hydrogen-bond donors (Lipinski definition) is 1. The minimum atomic E-state index is 0.0286. The Morgan fingerprint density at radius 3 is 2.45 bits per heavy atom. The summed E-state index contributed by atoms with van der Waals surface area (Å²) in [4.78, 5) is 11.6. The summed E-state index contributed by atoms with van der Waals surface area (Å²) in [6.45, 7) is 6.32. The van der Waals surface area contributed by atoms with Crippen molar-refractivity contribution >= 4 is 11.6 Å². The number of rotatable bonds is 6. The van der Waals surface area contributed by atoms with E-state index in [4.69, 9.17) is 4.74 Å². The third-order valence-electron chi connectivity index (χ3n) is 3.38. The lowest BCUT2D eigenvalue weighted by Gasteiger charge is -2.10. The zero-order chi connectivity index (χ0) is 15.9. The topological polar surface area (TPSA) is 38.3 Å². The van der Waals surface area contributed by atoms with Gasteiger partial charge in [-0.25, -0.2) is 0 Å². The van der Waals surface area contributed by atoms with Crippen molar-refractivity contribution < 1.29 is 9.53 Å². The van der Waals surface area contributed by atoms with Crippen LogP contribution in [0, 0.1) is 0 Å². The summed E-state index contributed by atoms with van der Waals surface area (Å²) in [5, 5.41) is 2.87. The number of carbonyl (C=O) groups excluding carboxylic acids is 1. The lowest BCUT2D eigenvalue weighted by Crippen LogP contribution is -2.10. The number of hydrogen-bond acceptors (Lipinski definition) is 2. The molecule has 3 nitrogen and oxygen atoms in total. The van der Waals surface area contributed by atoms with Gasteiger partial charge in [0.2, 0.25) is 5.91 Å². The number of nitrogens with one attached hydrogen (secondary N) is 1. The summed E-state index contributed by atoms with van der Waals surface area (Å²) < 4.78 is 5.84. The Hall–Kier alpha value is -2.29. The molecule has 0 aliphatic heterocycles. The Morgan fingerprint density at radius 2 is 1.82 bits per heavy atom. The molecule has 0 atom stereocenters. The van der Waals surface area contributed by atoms with Gasteiger partial charge in [-0.3, -0.25) is 4.79 Å². The fourth-order valence-corrected chi connectivity index (χ4v) is 2.14. The van der Waals surface area contributed by atoms with Gasteiger partial charge in [0.15, 0.2) is 0 Å². The van der Waals surface area contributed by atoms with Crippen molar-refractivity contribution in [2.75, 3.05) is 5.32 Å². The van der Waals surface area contributed by atoms with Gasteiger partial charge in [0.25, 0.3) is 0 Å². The van der Waals surface area contributed by atoms with Crippen LogP contribution in [0.2, 0.25) is 0 Å². The van der Waals surface area contributed by atoms with Crippen LogP contribution < -0.4 is 10.1 Å². The van der Waals surface area contributed by atoms with E-state index in [2.05, 4.69) is 31.3 Å². The van der Waals surface area contributed by atoms with E-state index >= 15 is 0 Å². The van der Waals surface area contributed by atoms with Crippen molar-refractivity contribution in [3.63, 3.8) is 0 Å². The highest BCUT2D eigenvalue weighted by Gasteiger charge is 2.04. The predicted octanol–water partition coefficient (Wildman–Crippen LogP) is 5.34. The maximum Gasteiger partial charge on any atom is 0.224 e. The smallest absolute Gasteiger partial charge is 0.224 e. The van der Waals surface area contributed by atoms with Crippen molar-refractivity contribution in [3.05, 3.63) is 54.1 Å². The maximum atomic E-state index is 11.6. The second-order valence-corrected chi connectivity index (χ2v) is 5.65. The van der Waals surface area contributed by atoms with Gasteiger partial charge in [0.1, 0.15) is 11.5 Å². The molecule has 0 unspecified atom stereocenters. The summed E-state index contributed by atoms with van der Waals surface area (Å²) in [6.07, 6.45) is 1.37. The molecule has 0 aromatic heterocycles. The van der Waals surface area contributed by atoms with Crippen molar-refractivity contribution in [1.82, 2.24) is 0 Å². The standard InChI is InChI=1S/C19H23NO2/c1-4-6-19(21)20-16-7-5-8-18(13-16)22-17-11-9-15(10-12-17)14(2)3/h5,7-14H,4,6H2,1-3H3,(H,20,21). The molecule has 1 N–H and O–H groups in total. The van der Waals surface area contributed by atoms with E-state index in [9.17, 15) is 4.79 Å². The lowest BCUT2D eigenvalue weighted by atomic mass is 10.0. The number of ether oxygens (including phenoxy) is 1. The Balaban J connectivity index is 2.05. The van der Waals surface area contributed by atoms with Crippen LogP contribution in [0.4, 0.5) is 5.69 Å². The van der Waals surface area contributed by atoms with Crippen molar-refractivity contribution in [2.24, 2.45) is 0 Å². The number of anilines is 1. The van der Waals surface area contributed by atoms with Gasteiger partial charge < -0.3 is 10.1 Å². The lowest BCUT2D eigenvalue weighted by molar-refractivity contribution is -0.116. The molecular weight excluding hydrogens is 274 g/mol. The van der Waals surface area contributed by atoms with Gasteiger partial charge >= 0.3 is 0 Å². The molecule has 2 aromatic rings. The molecule has 116 valence electrons. The van der Waals surface area contributed by atoms with E-state index in [1.807, 2.05) is 43.3 Å². The third-order valence-corrected chi connectivity index (χ3v) is 3.38. The van der Waals surface area contributed by atoms with Crippen LogP contribution in [0.3, 0.4) is 0 Å². The highest BCUT2D eigenvalue weighted by Crippen LogP contribution is 2.26. The first-order chi connectivity index (χ1) is 10.6. The predicted molar refractivity (Wildman–Crippen MR) is 90.6 cm³/mol. The van der Waals surface area contributed by atoms with E-state index in [0.717, 1.165) is 17.9 Å². The van der Waals surface area contributed by atoms with Crippen LogP contribution in [0.15, 0.2) is 48.5 Å². The van der Waals surface area contributed by atoms with Crippen molar-refractivity contribution in [1.29, 1.82) is 0 Å². The molecule has 0 fully saturated rings. The highest BCUT2D eigenvalue weighted by molar-refractivity contribution is 5.90. The van der Waals surface area contributed by atoms with Crippen LogP contribution >= 0.6 is 0 Å². The Labute approximate surface area is 132 Å². The zero-order valence-electron chi connectivity index (χ0n) is 13.4. The molecule has 0 saturated heterocycles. The molecule has 0 spiro atoms. The molecule has 3 heteroatoms. The van der Waals surface area contributed by atoms with E-state index in [0.29, 0.717) is 18.1 Å². The van der Waals surface area contributed by atoms with E-state index in [-0.39, 0.29) is 5.91 Å². The van der Waals surface area contributed by atoms with Gasteiger partial charge in [-0.1, -0.05) is 39.0 Å². The first-order valence-electron chi connectivity index (χ1n) is 7.76. The highest BCUT2D eigenvalue weighted by atomic mass is 16.5. The monoisotopic (exact) mass is 297 g/mol. The molecular formula is C19H23NO2. The Bertz CT molecular complexity index is 618. The number of amides is 1. The van der Waals surface area contributed by atoms with Gasteiger partial charge in [-0.15, -0.1) is 0 Å². The van der Waals surface area contributed by atoms with Crippen LogP contribution in [0.1, 0.15) is 45.1 Å². The third kappa shape index (κ3) is 4.62. The largest absolute Gasteiger partial charge is 0.457 e. The average molecular weight is 297 g/mol. The van der Waals surface area contributed by atoms with Crippen molar-refractivity contribution in [3.8, 4) is 11.5 Å². The molecule has 0 radical (unpaired) electrons. The molecule has 0 saturated carbocycles. The number of carbonyl (C=O) groups is 1. The minimum Gasteiger partial charge on any atom is -0.457 e. The second kappa shape index (κ2) is 7.64. The summed E-state index contributed by atoms with van der Waals surface area (Å²) in [7, 11) is 0. The molecule has 1 amide bonds. The molecule has 0 aliphatic rings. The Kier molecular flexibility index (Phi) is 5.59. The SMILES string of the molecule is CCCC(=O)Nc1cccc(Oc2ccc(C(C)C)cc2)c1. The second-order valence-electron chi connectivity index (χ2n) is 5.65. The fourth-order valence-electron chi connectivity index (χ4n) is 2.14. The Morgan fingerprint density at radius 1 is 1.09 bits per heavy atom. The summed E-state index contributed by atoms with van der Waals surface area (Å²) >= 11 is 0. The van der Waals surface area contributed by atoms with E-state index in [1.165, 1.54) is 5.56 Å². The fraction of sp³-hybridized carbons (Fsp3) is 0.316. The number of benzene rings is 2. The van der Waals surface area contributed by atoms with Crippen LogP contribution in [0.25, 0.3) is 0 Å². The molecule has 0 bridgehead atoms. The normalized spacial score (nSPS) is 10.5. The van der Waals surface area contributed by atoms with Crippen LogP contribution in [-0.2, 0) is 4.79 Å². The molecule has 2 aromatic carbocycles. The minimum absolute atomic E-state index is 0.0286. The van der Waals surface area contributed by atoms with Gasteiger partial charge in [-0.2, -0.15) is 0 Å². The molecule has 22 heavy (non-hydrogen) atoms. The average Bonchev–Trinajstić information content (AvgIpc) is 2.48. The van der Waals surface area contributed by atoms with Crippen LogP contribution in [0.5, 0.6) is 11.5 Å².